The number of morpholine rings is 1. The van der Waals surface area contributed by atoms with Gasteiger partial charge in [0.05, 0.1) is 55.8 Å². The maximum atomic E-state index is 11.7. The monoisotopic (exact) mass is 326 g/mol. The number of ether oxygens (including phenoxy) is 1. The Balaban J connectivity index is 1.79. The molecule has 22 heavy (non-hydrogen) atoms. The van der Waals surface area contributed by atoms with E-state index in [1.165, 1.54) is 0 Å². The molecule has 0 aromatic carbocycles. The summed E-state index contributed by atoms with van der Waals surface area (Å²) in [6.07, 6.45) is 2.48. The van der Waals surface area contributed by atoms with Gasteiger partial charge in [0.2, 0.25) is 0 Å². The summed E-state index contributed by atoms with van der Waals surface area (Å²) in [6.45, 7) is 6.91. The molecule has 2 aliphatic heterocycles. The van der Waals surface area contributed by atoms with Crippen LogP contribution in [0.25, 0.3) is 0 Å². The van der Waals surface area contributed by atoms with E-state index in [-0.39, 0.29) is 17.5 Å². The second-order valence-corrected chi connectivity index (χ2v) is 8.13. The molecule has 0 aliphatic carbocycles. The molecule has 1 atom stereocenters. The standard InChI is InChI=1S/C14H22N4O3S/c1-11-14(9-15-17-4-6-21-7-5-17)12(2)18(16-11)13-3-8-22(19,20)10-13/h9,13H,3-8,10H2,1-2H3/b15-9-/t13-/m1/s1. The van der Waals surface area contributed by atoms with E-state index in [1.807, 2.05) is 29.8 Å². The molecular weight excluding hydrogens is 304 g/mol. The third kappa shape index (κ3) is 3.17. The fourth-order valence-electron chi connectivity index (χ4n) is 2.99. The fraction of sp³-hybridized carbons (Fsp3) is 0.714. The smallest absolute Gasteiger partial charge is 0.152 e. The van der Waals surface area contributed by atoms with Gasteiger partial charge >= 0.3 is 0 Å². The molecule has 0 saturated carbocycles. The Labute approximate surface area is 130 Å². The van der Waals surface area contributed by atoms with Crippen LogP contribution in [-0.2, 0) is 14.6 Å². The van der Waals surface area contributed by atoms with Crippen molar-refractivity contribution in [1.29, 1.82) is 0 Å². The molecule has 122 valence electrons. The summed E-state index contributed by atoms with van der Waals surface area (Å²) in [4.78, 5) is 0. The summed E-state index contributed by atoms with van der Waals surface area (Å²) in [5, 5.41) is 11.0. The summed E-state index contributed by atoms with van der Waals surface area (Å²) < 4.78 is 30.5. The zero-order valence-corrected chi connectivity index (χ0v) is 13.8. The van der Waals surface area contributed by atoms with Crippen LogP contribution in [0.5, 0.6) is 0 Å². The molecule has 0 amide bonds. The van der Waals surface area contributed by atoms with Crippen molar-refractivity contribution in [1.82, 2.24) is 14.8 Å². The van der Waals surface area contributed by atoms with E-state index in [0.29, 0.717) is 19.6 Å². The lowest BCUT2D eigenvalue weighted by Crippen LogP contribution is -2.32. The van der Waals surface area contributed by atoms with Crippen LogP contribution in [0.3, 0.4) is 0 Å². The van der Waals surface area contributed by atoms with Crippen molar-refractivity contribution in [2.75, 3.05) is 37.8 Å². The average Bonchev–Trinajstić information content (AvgIpc) is 2.98. The Bertz CT molecular complexity index is 675. The number of hydrogen-bond donors (Lipinski definition) is 0. The first-order chi connectivity index (χ1) is 10.5. The third-order valence-electron chi connectivity index (χ3n) is 4.27. The van der Waals surface area contributed by atoms with Crippen LogP contribution in [-0.4, -0.2) is 67.2 Å². The molecule has 2 fully saturated rings. The van der Waals surface area contributed by atoms with E-state index >= 15 is 0 Å². The highest BCUT2D eigenvalue weighted by Crippen LogP contribution is 2.26. The first-order valence-corrected chi connectivity index (χ1v) is 9.41. The lowest BCUT2D eigenvalue weighted by atomic mass is 10.2. The molecule has 1 aromatic heterocycles. The van der Waals surface area contributed by atoms with E-state index < -0.39 is 9.84 Å². The Morgan fingerprint density at radius 3 is 2.68 bits per heavy atom. The van der Waals surface area contributed by atoms with E-state index in [4.69, 9.17) is 4.74 Å². The first-order valence-electron chi connectivity index (χ1n) is 7.59. The van der Waals surface area contributed by atoms with Gasteiger partial charge in [-0.25, -0.2) is 8.42 Å². The number of aryl methyl sites for hydroxylation is 1. The van der Waals surface area contributed by atoms with Crippen LogP contribution in [0.2, 0.25) is 0 Å². The molecule has 3 rings (SSSR count). The van der Waals surface area contributed by atoms with Crippen LogP contribution in [0.1, 0.15) is 29.4 Å². The van der Waals surface area contributed by atoms with Gasteiger partial charge in [0, 0.05) is 11.3 Å². The fourth-order valence-corrected chi connectivity index (χ4v) is 4.69. The van der Waals surface area contributed by atoms with E-state index in [1.54, 1.807) is 0 Å². The van der Waals surface area contributed by atoms with Gasteiger partial charge in [0.1, 0.15) is 0 Å². The largest absolute Gasteiger partial charge is 0.378 e. The quantitative estimate of drug-likeness (QED) is 0.757. The van der Waals surface area contributed by atoms with Gasteiger partial charge in [-0.2, -0.15) is 10.2 Å². The molecule has 7 nitrogen and oxygen atoms in total. The van der Waals surface area contributed by atoms with Gasteiger partial charge in [0.25, 0.3) is 0 Å². The third-order valence-corrected chi connectivity index (χ3v) is 6.02. The second-order valence-electron chi connectivity index (χ2n) is 5.90. The molecule has 0 bridgehead atoms. The Morgan fingerprint density at radius 1 is 1.32 bits per heavy atom. The predicted molar refractivity (Wildman–Crippen MR) is 84.0 cm³/mol. The van der Waals surface area contributed by atoms with Crippen LogP contribution >= 0.6 is 0 Å². The predicted octanol–water partition coefficient (Wildman–Crippen LogP) is 0.526. The summed E-state index contributed by atoms with van der Waals surface area (Å²) in [6, 6.07) is -0.0470. The van der Waals surface area contributed by atoms with Gasteiger partial charge in [0.15, 0.2) is 9.84 Å². The Kier molecular flexibility index (Phi) is 4.22. The molecule has 2 aliphatic rings. The van der Waals surface area contributed by atoms with E-state index in [2.05, 4.69) is 10.2 Å². The normalized spacial score (nSPS) is 25.2. The number of hydrazone groups is 1. The van der Waals surface area contributed by atoms with Gasteiger partial charge in [-0.15, -0.1) is 0 Å². The Hall–Kier alpha value is -1.41. The number of nitrogens with zero attached hydrogens (tertiary/aromatic N) is 4. The zero-order valence-electron chi connectivity index (χ0n) is 13.0. The van der Waals surface area contributed by atoms with Gasteiger partial charge in [-0.3, -0.25) is 9.69 Å². The number of aromatic nitrogens is 2. The van der Waals surface area contributed by atoms with Crippen molar-refractivity contribution in [3.8, 4) is 0 Å². The summed E-state index contributed by atoms with van der Waals surface area (Å²) in [5.74, 6) is 0.447. The molecule has 0 N–H and O–H groups in total. The highest BCUT2D eigenvalue weighted by atomic mass is 32.2. The number of hydrogen-bond acceptors (Lipinski definition) is 6. The molecule has 2 saturated heterocycles. The second kappa shape index (κ2) is 6.00. The molecule has 1 aromatic rings. The SMILES string of the molecule is Cc1nn([C@@H]2CCS(=O)(=O)C2)c(C)c1/C=N\N1CCOCC1. The lowest BCUT2D eigenvalue weighted by Gasteiger charge is -2.23. The van der Waals surface area contributed by atoms with Crippen molar-refractivity contribution >= 4 is 16.1 Å². The van der Waals surface area contributed by atoms with Gasteiger partial charge in [-0.1, -0.05) is 0 Å². The topological polar surface area (TPSA) is 76.8 Å². The average molecular weight is 326 g/mol. The molecule has 0 spiro atoms. The summed E-state index contributed by atoms with van der Waals surface area (Å²) >= 11 is 0. The minimum Gasteiger partial charge on any atom is -0.378 e. The minimum absolute atomic E-state index is 0.0470. The van der Waals surface area contributed by atoms with Crippen molar-refractivity contribution in [3.05, 3.63) is 17.0 Å². The lowest BCUT2D eigenvalue weighted by molar-refractivity contribution is 0.0397. The van der Waals surface area contributed by atoms with Crippen LogP contribution in [0.4, 0.5) is 0 Å². The van der Waals surface area contributed by atoms with Crippen molar-refractivity contribution in [2.24, 2.45) is 5.10 Å². The van der Waals surface area contributed by atoms with Crippen LogP contribution < -0.4 is 0 Å². The van der Waals surface area contributed by atoms with Crippen LogP contribution in [0.15, 0.2) is 5.10 Å². The summed E-state index contributed by atoms with van der Waals surface area (Å²) in [5.41, 5.74) is 2.85. The highest BCUT2D eigenvalue weighted by Gasteiger charge is 2.31. The van der Waals surface area contributed by atoms with Crippen molar-refractivity contribution in [2.45, 2.75) is 26.3 Å². The van der Waals surface area contributed by atoms with Gasteiger partial charge in [-0.05, 0) is 20.3 Å². The summed E-state index contributed by atoms with van der Waals surface area (Å²) in [7, 11) is -2.91. The highest BCUT2D eigenvalue weighted by molar-refractivity contribution is 7.91. The minimum atomic E-state index is -2.91. The molecule has 0 radical (unpaired) electrons. The maximum absolute atomic E-state index is 11.7. The first kappa shape index (κ1) is 15.5. The number of sulfone groups is 1. The maximum Gasteiger partial charge on any atom is 0.152 e. The molecule has 0 unspecified atom stereocenters. The van der Waals surface area contributed by atoms with Crippen molar-refractivity contribution < 1.29 is 13.2 Å². The zero-order chi connectivity index (χ0) is 15.7. The van der Waals surface area contributed by atoms with Gasteiger partial charge < -0.3 is 4.74 Å². The van der Waals surface area contributed by atoms with Crippen molar-refractivity contribution in [3.63, 3.8) is 0 Å². The molecule has 8 heteroatoms. The van der Waals surface area contributed by atoms with E-state index in [9.17, 15) is 8.42 Å². The molecular formula is C14H22N4O3S. The number of rotatable bonds is 3. The Morgan fingerprint density at radius 2 is 2.05 bits per heavy atom. The molecule has 3 heterocycles. The van der Waals surface area contributed by atoms with Crippen LogP contribution in [0, 0.1) is 13.8 Å². The van der Waals surface area contributed by atoms with E-state index in [0.717, 1.165) is 30.0 Å².